The molecule has 1 saturated carbocycles. The van der Waals surface area contributed by atoms with Crippen LogP contribution >= 0.6 is 0 Å². The second-order valence-corrected chi connectivity index (χ2v) is 15.3. The third-order valence-electron chi connectivity index (χ3n) is 6.26. The normalized spacial score (nSPS) is 24.2. The summed E-state index contributed by atoms with van der Waals surface area (Å²) in [4.78, 5) is 26.8. The molecule has 1 atom stereocenters. The van der Waals surface area contributed by atoms with Crippen LogP contribution in [-0.2, 0) is 14.0 Å². The molecule has 1 saturated heterocycles. The fourth-order valence-electron chi connectivity index (χ4n) is 3.65. The van der Waals surface area contributed by atoms with Crippen molar-refractivity contribution in [2.75, 3.05) is 13.1 Å². The first-order valence-electron chi connectivity index (χ1n) is 9.84. The Morgan fingerprint density at radius 2 is 1.65 bits per heavy atom. The number of amides is 1. The Balaban J connectivity index is 1.96. The Morgan fingerprint density at radius 1 is 1.12 bits per heavy atom. The Bertz CT molecular complexity index is 551. The molecule has 2 rings (SSSR count). The van der Waals surface area contributed by atoms with Gasteiger partial charge in [0.05, 0.1) is 6.10 Å². The number of likely N-dealkylation sites (tertiary alicyclic amines) is 1. The summed E-state index contributed by atoms with van der Waals surface area (Å²) in [6.45, 7) is 18.0. The van der Waals surface area contributed by atoms with Crippen LogP contribution in [0.25, 0.3) is 0 Å². The van der Waals surface area contributed by atoms with Crippen LogP contribution in [0.15, 0.2) is 0 Å². The highest BCUT2D eigenvalue weighted by Gasteiger charge is 2.51. The van der Waals surface area contributed by atoms with Crippen LogP contribution in [0.5, 0.6) is 0 Å². The molecule has 150 valence electrons. The van der Waals surface area contributed by atoms with Gasteiger partial charge in [-0.3, -0.25) is 4.79 Å². The Labute approximate surface area is 159 Å². The van der Waals surface area contributed by atoms with Crippen molar-refractivity contribution in [3.8, 4) is 0 Å². The zero-order chi connectivity index (χ0) is 20.0. The van der Waals surface area contributed by atoms with Crippen molar-refractivity contribution in [1.82, 2.24) is 4.90 Å². The molecule has 2 fully saturated rings. The van der Waals surface area contributed by atoms with Gasteiger partial charge in [0.25, 0.3) is 0 Å². The third kappa shape index (κ3) is 4.69. The van der Waals surface area contributed by atoms with E-state index in [1.54, 1.807) is 4.90 Å². The third-order valence-corrected chi connectivity index (χ3v) is 10.8. The molecule has 0 aromatic heterocycles. The van der Waals surface area contributed by atoms with Gasteiger partial charge in [-0.15, -0.1) is 0 Å². The van der Waals surface area contributed by atoms with Gasteiger partial charge >= 0.3 is 6.09 Å². The predicted octanol–water partition coefficient (Wildman–Crippen LogP) is 4.76. The predicted molar refractivity (Wildman–Crippen MR) is 106 cm³/mol. The van der Waals surface area contributed by atoms with E-state index in [1.165, 1.54) is 0 Å². The zero-order valence-corrected chi connectivity index (χ0v) is 18.9. The maximum atomic E-state index is 12.8. The Kier molecular flexibility index (Phi) is 5.71. The summed E-state index contributed by atoms with van der Waals surface area (Å²) >= 11 is 0. The highest BCUT2D eigenvalue weighted by Crippen LogP contribution is 2.47. The molecule has 5 nitrogen and oxygen atoms in total. The fourth-order valence-corrected chi connectivity index (χ4v) is 5.00. The van der Waals surface area contributed by atoms with E-state index in [-0.39, 0.29) is 22.7 Å². The second-order valence-electron chi connectivity index (χ2n) is 10.6. The van der Waals surface area contributed by atoms with E-state index < -0.39 is 13.9 Å². The summed E-state index contributed by atoms with van der Waals surface area (Å²) in [5, 5.41) is 0.145. The molecule has 26 heavy (non-hydrogen) atoms. The molecule has 1 aliphatic heterocycles. The number of ketones is 1. The van der Waals surface area contributed by atoms with Crippen LogP contribution in [0.2, 0.25) is 18.1 Å². The van der Waals surface area contributed by atoms with E-state index >= 15 is 0 Å². The summed E-state index contributed by atoms with van der Waals surface area (Å²) in [5.74, 6) is 0.324. The molecule has 1 unspecified atom stereocenters. The molecule has 0 N–H and O–H groups in total. The van der Waals surface area contributed by atoms with Crippen LogP contribution < -0.4 is 0 Å². The molecule has 1 amide bonds. The topological polar surface area (TPSA) is 55.8 Å². The maximum Gasteiger partial charge on any atom is 0.410 e. The molecule has 0 radical (unpaired) electrons. The van der Waals surface area contributed by atoms with Gasteiger partial charge in [0, 0.05) is 24.9 Å². The SMILES string of the molecule is CC(C)(C)OC(=O)N1CCC2(CC1)CC(O[Si](C)(C)C(C)(C)C)CC2=O. The molecule has 6 heteroatoms. The van der Waals surface area contributed by atoms with Crippen LogP contribution in [0.4, 0.5) is 4.79 Å². The fraction of sp³-hybridized carbons (Fsp3) is 0.900. The number of piperidine rings is 1. The van der Waals surface area contributed by atoms with Gasteiger partial charge in [-0.1, -0.05) is 20.8 Å². The van der Waals surface area contributed by atoms with Crippen molar-refractivity contribution in [2.45, 2.75) is 97.1 Å². The van der Waals surface area contributed by atoms with Gasteiger partial charge in [-0.25, -0.2) is 4.79 Å². The lowest BCUT2D eigenvalue weighted by Crippen LogP contribution is -2.47. The van der Waals surface area contributed by atoms with E-state index in [1.807, 2.05) is 20.8 Å². The summed E-state index contributed by atoms with van der Waals surface area (Å²) < 4.78 is 12.0. The number of rotatable bonds is 2. The smallest absolute Gasteiger partial charge is 0.410 e. The molecule has 0 bridgehead atoms. The minimum atomic E-state index is -1.87. The second kappa shape index (κ2) is 6.93. The molecular weight excluding hydrogens is 346 g/mol. The molecular formula is C20H37NO4Si. The molecule has 1 heterocycles. The van der Waals surface area contributed by atoms with E-state index in [0.717, 1.165) is 19.3 Å². The number of hydrogen-bond donors (Lipinski definition) is 0. The van der Waals surface area contributed by atoms with Crippen molar-refractivity contribution >= 4 is 20.2 Å². The standard InChI is InChI=1S/C20H37NO4Si/c1-18(2,3)24-17(23)21-11-9-20(10-12-21)14-15(13-16(20)22)25-26(7,8)19(4,5)6/h15H,9-14H2,1-8H3. The Morgan fingerprint density at radius 3 is 2.12 bits per heavy atom. The van der Waals surface area contributed by atoms with Gasteiger partial charge in [0.15, 0.2) is 8.32 Å². The Hall–Kier alpha value is -0.883. The molecule has 0 aromatic rings. The zero-order valence-electron chi connectivity index (χ0n) is 17.9. The van der Waals surface area contributed by atoms with Crippen molar-refractivity contribution in [2.24, 2.45) is 5.41 Å². The van der Waals surface area contributed by atoms with Gasteiger partial charge in [0.2, 0.25) is 0 Å². The molecule has 2 aliphatic rings. The first-order chi connectivity index (χ1) is 11.7. The van der Waals surface area contributed by atoms with Crippen LogP contribution in [-0.4, -0.2) is 49.9 Å². The number of carbonyl (C=O) groups is 2. The van der Waals surface area contributed by atoms with E-state index in [0.29, 0.717) is 25.3 Å². The number of carbonyl (C=O) groups excluding carboxylic acids is 2. The first kappa shape index (κ1) is 21.4. The molecule has 1 aliphatic carbocycles. The van der Waals surface area contributed by atoms with Gasteiger partial charge in [-0.2, -0.15) is 0 Å². The van der Waals surface area contributed by atoms with Crippen LogP contribution in [0.3, 0.4) is 0 Å². The van der Waals surface area contributed by atoms with E-state index in [9.17, 15) is 9.59 Å². The average Bonchev–Trinajstić information content (AvgIpc) is 2.71. The minimum absolute atomic E-state index is 0.0384. The van der Waals surface area contributed by atoms with Gasteiger partial charge in [0.1, 0.15) is 11.4 Å². The lowest BCUT2D eigenvalue weighted by Gasteiger charge is -2.40. The molecule has 0 aromatic carbocycles. The van der Waals surface area contributed by atoms with E-state index in [4.69, 9.17) is 9.16 Å². The lowest BCUT2D eigenvalue weighted by molar-refractivity contribution is -0.128. The van der Waals surface area contributed by atoms with Crippen molar-refractivity contribution < 1.29 is 18.8 Å². The summed E-state index contributed by atoms with van der Waals surface area (Å²) in [6.07, 6.45) is 2.55. The first-order valence-corrected chi connectivity index (χ1v) is 12.8. The van der Waals surface area contributed by atoms with Crippen LogP contribution in [0.1, 0.15) is 67.2 Å². The van der Waals surface area contributed by atoms with Crippen molar-refractivity contribution in [1.29, 1.82) is 0 Å². The monoisotopic (exact) mass is 383 g/mol. The summed E-state index contributed by atoms with van der Waals surface area (Å²) in [6, 6.07) is 0. The summed E-state index contributed by atoms with van der Waals surface area (Å²) in [5.41, 5.74) is -0.789. The average molecular weight is 384 g/mol. The van der Waals surface area contributed by atoms with Gasteiger partial charge < -0.3 is 14.1 Å². The highest BCUT2D eigenvalue weighted by molar-refractivity contribution is 6.74. The van der Waals surface area contributed by atoms with Crippen LogP contribution in [0, 0.1) is 5.41 Å². The largest absolute Gasteiger partial charge is 0.444 e. The van der Waals surface area contributed by atoms with Gasteiger partial charge in [-0.05, 0) is 58.2 Å². The van der Waals surface area contributed by atoms with Crippen molar-refractivity contribution in [3.05, 3.63) is 0 Å². The quantitative estimate of drug-likeness (QED) is 0.645. The summed E-state index contributed by atoms with van der Waals surface area (Å²) in [7, 11) is -1.87. The lowest BCUT2D eigenvalue weighted by atomic mass is 9.76. The minimum Gasteiger partial charge on any atom is -0.444 e. The molecule has 1 spiro atoms. The highest BCUT2D eigenvalue weighted by atomic mass is 28.4. The maximum absolute atomic E-state index is 12.8. The number of ether oxygens (including phenoxy) is 1. The number of nitrogens with zero attached hydrogens (tertiary/aromatic N) is 1. The number of Topliss-reactive ketones (excluding diaryl/α,β-unsaturated/α-hetero) is 1. The number of hydrogen-bond acceptors (Lipinski definition) is 4. The van der Waals surface area contributed by atoms with Crippen molar-refractivity contribution in [3.63, 3.8) is 0 Å². The van der Waals surface area contributed by atoms with E-state index in [2.05, 4.69) is 33.9 Å².